The van der Waals surface area contributed by atoms with Crippen molar-refractivity contribution in [3.63, 3.8) is 0 Å². The van der Waals surface area contributed by atoms with Gasteiger partial charge in [-0.3, -0.25) is 9.88 Å². The molecule has 4 rings (SSSR count). The highest BCUT2D eigenvalue weighted by Gasteiger charge is 2.19. The number of anilines is 1. The van der Waals surface area contributed by atoms with E-state index in [9.17, 15) is 5.11 Å². The smallest absolute Gasteiger partial charge is 0.120 e. The maximum Gasteiger partial charge on any atom is 0.120 e. The van der Waals surface area contributed by atoms with Crippen LogP contribution in [0.1, 0.15) is 5.56 Å². The quantitative estimate of drug-likeness (QED) is 0.804. The van der Waals surface area contributed by atoms with Gasteiger partial charge in [-0.05, 0) is 29.7 Å². The van der Waals surface area contributed by atoms with Crippen LogP contribution in [0.4, 0.5) is 5.69 Å². The van der Waals surface area contributed by atoms with Gasteiger partial charge < -0.3 is 10.0 Å². The first-order valence-electron chi connectivity index (χ1n) is 8.38. The topological polar surface area (TPSA) is 39.6 Å². The molecule has 4 heteroatoms. The largest absolute Gasteiger partial charge is 0.508 e. The SMILES string of the molecule is Oc1ccc2ccncc2c1CN1CCN(c2ccccc2)CC1. The minimum Gasteiger partial charge on any atom is -0.508 e. The van der Waals surface area contributed by atoms with Crippen molar-refractivity contribution in [3.8, 4) is 5.75 Å². The number of rotatable bonds is 3. The molecule has 122 valence electrons. The summed E-state index contributed by atoms with van der Waals surface area (Å²) in [6, 6.07) is 16.3. The molecule has 0 aliphatic carbocycles. The van der Waals surface area contributed by atoms with E-state index in [2.05, 4.69) is 45.1 Å². The van der Waals surface area contributed by atoms with Crippen molar-refractivity contribution in [3.05, 3.63) is 66.5 Å². The van der Waals surface area contributed by atoms with Crippen LogP contribution in [0, 0.1) is 0 Å². The van der Waals surface area contributed by atoms with Crippen molar-refractivity contribution in [2.24, 2.45) is 0 Å². The van der Waals surface area contributed by atoms with Crippen LogP contribution >= 0.6 is 0 Å². The van der Waals surface area contributed by atoms with E-state index < -0.39 is 0 Å². The monoisotopic (exact) mass is 319 g/mol. The van der Waals surface area contributed by atoms with Crippen LogP contribution in [-0.4, -0.2) is 41.2 Å². The Morgan fingerprint density at radius 1 is 0.917 bits per heavy atom. The van der Waals surface area contributed by atoms with Gasteiger partial charge in [0.2, 0.25) is 0 Å². The maximum atomic E-state index is 10.3. The molecule has 1 saturated heterocycles. The van der Waals surface area contributed by atoms with Gasteiger partial charge in [-0.1, -0.05) is 24.3 Å². The van der Waals surface area contributed by atoms with E-state index in [-0.39, 0.29) is 0 Å². The number of piperazine rings is 1. The highest BCUT2D eigenvalue weighted by Crippen LogP contribution is 2.28. The van der Waals surface area contributed by atoms with Gasteiger partial charge in [0.25, 0.3) is 0 Å². The number of aromatic hydroxyl groups is 1. The Morgan fingerprint density at radius 3 is 2.50 bits per heavy atom. The third kappa shape index (κ3) is 2.93. The fourth-order valence-electron chi connectivity index (χ4n) is 3.40. The number of aromatic nitrogens is 1. The normalized spacial score (nSPS) is 15.8. The molecule has 0 unspecified atom stereocenters. The predicted molar refractivity (Wildman–Crippen MR) is 97.3 cm³/mol. The van der Waals surface area contributed by atoms with Gasteiger partial charge in [-0.2, -0.15) is 0 Å². The van der Waals surface area contributed by atoms with Crippen molar-refractivity contribution in [1.82, 2.24) is 9.88 Å². The number of phenols is 1. The van der Waals surface area contributed by atoms with E-state index in [1.54, 1.807) is 12.3 Å². The van der Waals surface area contributed by atoms with Crippen LogP contribution < -0.4 is 4.90 Å². The van der Waals surface area contributed by atoms with Crippen LogP contribution in [0.15, 0.2) is 60.9 Å². The summed E-state index contributed by atoms with van der Waals surface area (Å²) in [5.74, 6) is 0.362. The number of pyridine rings is 1. The summed E-state index contributed by atoms with van der Waals surface area (Å²) in [7, 11) is 0. The van der Waals surface area contributed by atoms with Gasteiger partial charge in [0, 0.05) is 61.8 Å². The molecule has 0 atom stereocenters. The lowest BCUT2D eigenvalue weighted by Crippen LogP contribution is -2.45. The summed E-state index contributed by atoms with van der Waals surface area (Å²) >= 11 is 0. The summed E-state index contributed by atoms with van der Waals surface area (Å²) in [6.45, 7) is 4.76. The molecule has 1 aliphatic rings. The standard InChI is InChI=1S/C20H21N3O/c24-20-7-6-16-8-9-21-14-18(16)19(20)15-22-10-12-23(13-11-22)17-4-2-1-3-5-17/h1-9,14,24H,10-13,15H2. The molecule has 1 aliphatic heterocycles. The molecule has 1 fully saturated rings. The molecule has 0 amide bonds. The minimum atomic E-state index is 0.362. The number of para-hydroxylation sites is 1. The third-order valence-electron chi connectivity index (χ3n) is 4.79. The lowest BCUT2D eigenvalue weighted by Gasteiger charge is -2.36. The number of hydrogen-bond donors (Lipinski definition) is 1. The van der Waals surface area contributed by atoms with E-state index in [0.717, 1.165) is 49.1 Å². The Bertz CT molecular complexity index is 827. The molecule has 0 spiro atoms. The van der Waals surface area contributed by atoms with E-state index in [0.29, 0.717) is 5.75 Å². The first-order chi connectivity index (χ1) is 11.8. The average molecular weight is 319 g/mol. The van der Waals surface area contributed by atoms with Crippen molar-refractivity contribution in [1.29, 1.82) is 0 Å². The fourth-order valence-corrected chi connectivity index (χ4v) is 3.40. The van der Waals surface area contributed by atoms with Gasteiger partial charge in [-0.25, -0.2) is 0 Å². The summed E-state index contributed by atoms with van der Waals surface area (Å²) in [5, 5.41) is 12.5. The van der Waals surface area contributed by atoms with E-state index in [1.165, 1.54) is 5.69 Å². The zero-order chi connectivity index (χ0) is 16.4. The molecule has 4 nitrogen and oxygen atoms in total. The molecule has 2 aromatic carbocycles. The average Bonchev–Trinajstić information content (AvgIpc) is 2.65. The number of benzene rings is 2. The number of nitrogens with zero attached hydrogens (tertiary/aromatic N) is 3. The number of phenolic OH excluding ortho intramolecular Hbond substituents is 1. The first-order valence-corrected chi connectivity index (χ1v) is 8.38. The lowest BCUT2D eigenvalue weighted by atomic mass is 10.0. The van der Waals surface area contributed by atoms with Crippen LogP contribution in [0.3, 0.4) is 0 Å². The molecular formula is C20H21N3O. The Hall–Kier alpha value is -2.59. The van der Waals surface area contributed by atoms with Gasteiger partial charge in [0.05, 0.1) is 0 Å². The Kier molecular flexibility index (Phi) is 4.05. The molecule has 1 N–H and O–H groups in total. The Labute approximate surface area is 142 Å². The summed E-state index contributed by atoms with van der Waals surface area (Å²) in [5.41, 5.74) is 2.27. The highest BCUT2D eigenvalue weighted by atomic mass is 16.3. The van der Waals surface area contributed by atoms with Gasteiger partial charge in [0.1, 0.15) is 5.75 Å². The molecule has 0 radical (unpaired) electrons. The van der Waals surface area contributed by atoms with Crippen molar-refractivity contribution in [2.75, 3.05) is 31.1 Å². The van der Waals surface area contributed by atoms with Crippen LogP contribution in [0.25, 0.3) is 10.8 Å². The summed E-state index contributed by atoms with van der Waals surface area (Å²) < 4.78 is 0. The lowest BCUT2D eigenvalue weighted by molar-refractivity contribution is 0.247. The minimum absolute atomic E-state index is 0.362. The number of hydrogen-bond acceptors (Lipinski definition) is 4. The number of fused-ring (bicyclic) bond motifs is 1. The predicted octanol–water partition coefficient (Wildman–Crippen LogP) is 3.26. The van der Waals surface area contributed by atoms with E-state index >= 15 is 0 Å². The van der Waals surface area contributed by atoms with Gasteiger partial charge in [-0.15, -0.1) is 0 Å². The molecule has 24 heavy (non-hydrogen) atoms. The highest BCUT2D eigenvalue weighted by molar-refractivity contribution is 5.86. The van der Waals surface area contributed by atoms with E-state index in [4.69, 9.17) is 0 Å². The van der Waals surface area contributed by atoms with Crippen molar-refractivity contribution >= 4 is 16.5 Å². The zero-order valence-electron chi connectivity index (χ0n) is 13.6. The van der Waals surface area contributed by atoms with Gasteiger partial charge in [0.15, 0.2) is 0 Å². The van der Waals surface area contributed by atoms with Crippen molar-refractivity contribution < 1.29 is 5.11 Å². The summed E-state index contributed by atoms with van der Waals surface area (Å²) in [6.07, 6.45) is 3.65. The molecule has 3 aromatic rings. The fraction of sp³-hybridized carbons (Fsp3) is 0.250. The Morgan fingerprint density at radius 2 is 1.71 bits per heavy atom. The van der Waals surface area contributed by atoms with E-state index in [1.807, 2.05) is 18.3 Å². The van der Waals surface area contributed by atoms with Crippen LogP contribution in [-0.2, 0) is 6.54 Å². The molecule has 0 bridgehead atoms. The maximum absolute atomic E-state index is 10.3. The molecular weight excluding hydrogens is 298 g/mol. The third-order valence-corrected chi connectivity index (χ3v) is 4.79. The van der Waals surface area contributed by atoms with Crippen LogP contribution in [0.5, 0.6) is 5.75 Å². The van der Waals surface area contributed by atoms with Crippen molar-refractivity contribution in [2.45, 2.75) is 6.54 Å². The van der Waals surface area contributed by atoms with Gasteiger partial charge >= 0.3 is 0 Å². The molecule has 1 aromatic heterocycles. The second-order valence-corrected chi connectivity index (χ2v) is 6.26. The summed E-state index contributed by atoms with van der Waals surface area (Å²) in [4.78, 5) is 9.04. The molecule has 2 heterocycles. The zero-order valence-corrected chi connectivity index (χ0v) is 13.6. The van der Waals surface area contributed by atoms with Crippen LogP contribution in [0.2, 0.25) is 0 Å². The second kappa shape index (κ2) is 6.49. The first kappa shape index (κ1) is 15.0. The molecule has 0 saturated carbocycles. The second-order valence-electron chi connectivity index (χ2n) is 6.26. The Balaban J connectivity index is 1.49.